The molecule has 31 heavy (non-hydrogen) atoms. The van der Waals surface area contributed by atoms with Crippen molar-refractivity contribution in [2.45, 2.75) is 25.4 Å². The Morgan fingerprint density at radius 2 is 1.74 bits per heavy atom. The molecule has 0 aliphatic carbocycles. The summed E-state index contributed by atoms with van der Waals surface area (Å²) in [5.41, 5.74) is 1.75. The number of hydrogen-bond donors (Lipinski definition) is 2. The standard InChI is InChI=1S/C24H26N2O4S/c1-16(19-15-18(29-2)11-12-21(19)30-3)25-23(27)20(14-17-8-5-4-6-9-17)26-24(28)22-10-7-13-31-22/h4-13,15-16,20H,14H2,1-3H3,(H,25,27)(H,26,28)/t16?,20-/m0/s1. The van der Waals surface area contributed by atoms with Crippen molar-refractivity contribution in [2.75, 3.05) is 14.2 Å². The highest BCUT2D eigenvalue weighted by Crippen LogP contribution is 2.29. The number of amides is 2. The SMILES string of the molecule is COc1ccc(OC)c(C(C)NC(=O)[C@H](Cc2ccccc2)NC(=O)c2cccs2)c1. The average Bonchev–Trinajstić information content (AvgIpc) is 3.34. The predicted octanol–water partition coefficient (Wildman–Crippen LogP) is 3.98. The van der Waals surface area contributed by atoms with Gasteiger partial charge in [-0.2, -0.15) is 0 Å². The van der Waals surface area contributed by atoms with Crippen LogP contribution in [0.4, 0.5) is 0 Å². The van der Waals surface area contributed by atoms with Crippen LogP contribution in [0.3, 0.4) is 0 Å². The number of carbonyl (C=O) groups excluding carboxylic acids is 2. The Morgan fingerprint density at radius 3 is 2.39 bits per heavy atom. The van der Waals surface area contributed by atoms with Gasteiger partial charge >= 0.3 is 0 Å². The van der Waals surface area contributed by atoms with Gasteiger partial charge in [-0.1, -0.05) is 36.4 Å². The van der Waals surface area contributed by atoms with Gasteiger partial charge in [0.05, 0.1) is 25.1 Å². The van der Waals surface area contributed by atoms with Gasteiger partial charge in [0.25, 0.3) is 5.91 Å². The van der Waals surface area contributed by atoms with Gasteiger partial charge in [0.15, 0.2) is 0 Å². The minimum Gasteiger partial charge on any atom is -0.497 e. The molecule has 0 spiro atoms. The molecule has 7 heteroatoms. The van der Waals surface area contributed by atoms with Gasteiger partial charge in [-0.15, -0.1) is 11.3 Å². The van der Waals surface area contributed by atoms with Gasteiger partial charge in [-0.05, 0) is 42.1 Å². The molecule has 2 aromatic carbocycles. The van der Waals surface area contributed by atoms with Gasteiger partial charge < -0.3 is 20.1 Å². The average molecular weight is 439 g/mol. The largest absolute Gasteiger partial charge is 0.497 e. The topological polar surface area (TPSA) is 76.7 Å². The second-order valence-electron chi connectivity index (χ2n) is 7.03. The molecule has 0 fully saturated rings. The number of nitrogens with one attached hydrogen (secondary N) is 2. The van der Waals surface area contributed by atoms with Crippen molar-refractivity contribution in [1.82, 2.24) is 10.6 Å². The molecule has 3 aromatic rings. The third kappa shape index (κ3) is 5.86. The molecular weight excluding hydrogens is 412 g/mol. The zero-order chi connectivity index (χ0) is 22.2. The van der Waals surface area contributed by atoms with E-state index in [1.165, 1.54) is 11.3 Å². The molecule has 0 radical (unpaired) electrons. The first-order valence-corrected chi connectivity index (χ1v) is 10.8. The molecule has 0 saturated heterocycles. The summed E-state index contributed by atoms with van der Waals surface area (Å²) >= 11 is 1.34. The van der Waals surface area contributed by atoms with Gasteiger partial charge in [-0.3, -0.25) is 9.59 Å². The van der Waals surface area contributed by atoms with E-state index >= 15 is 0 Å². The number of benzene rings is 2. The molecule has 2 N–H and O–H groups in total. The summed E-state index contributed by atoms with van der Waals surface area (Å²) in [4.78, 5) is 26.4. The molecule has 3 rings (SSSR count). The van der Waals surface area contributed by atoms with Crippen LogP contribution in [0.25, 0.3) is 0 Å². The fraction of sp³-hybridized carbons (Fsp3) is 0.250. The van der Waals surface area contributed by atoms with E-state index in [0.29, 0.717) is 22.8 Å². The van der Waals surface area contributed by atoms with Gasteiger partial charge in [-0.25, -0.2) is 0 Å². The van der Waals surface area contributed by atoms with Crippen molar-refractivity contribution < 1.29 is 19.1 Å². The molecule has 162 valence electrons. The molecule has 2 atom stereocenters. The summed E-state index contributed by atoms with van der Waals surface area (Å²) in [6.45, 7) is 1.87. The van der Waals surface area contributed by atoms with Gasteiger partial charge in [0, 0.05) is 12.0 Å². The maximum atomic E-state index is 13.2. The van der Waals surface area contributed by atoms with E-state index in [-0.39, 0.29) is 17.9 Å². The first kappa shape index (κ1) is 22.4. The second kappa shape index (κ2) is 10.6. The summed E-state index contributed by atoms with van der Waals surface area (Å²) < 4.78 is 10.7. The van der Waals surface area contributed by atoms with Crippen molar-refractivity contribution in [2.24, 2.45) is 0 Å². The third-order valence-electron chi connectivity index (χ3n) is 4.91. The lowest BCUT2D eigenvalue weighted by molar-refractivity contribution is -0.123. The monoisotopic (exact) mass is 438 g/mol. The number of ether oxygens (including phenoxy) is 2. The predicted molar refractivity (Wildman–Crippen MR) is 122 cm³/mol. The molecule has 6 nitrogen and oxygen atoms in total. The van der Waals surface area contributed by atoms with Crippen LogP contribution >= 0.6 is 11.3 Å². The van der Waals surface area contributed by atoms with Crippen molar-refractivity contribution in [3.8, 4) is 11.5 Å². The lowest BCUT2D eigenvalue weighted by atomic mass is 10.0. The quantitative estimate of drug-likeness (QED) is 0.530. The van der Waals surface area contributed by atoms with E-state index in [9.17, 15) is 9.59 Å². The van der Waals surface area contributed by atoms with Crippen LogP contribution < -0.4 is 20.1 Å². The Hall–Kier alpha value is -3.32. The first-order valence-electron chi connectivity index (χ1n) is 9.92. The minimum atomic E-state index is -0.726. The molecular formula is C24H26N2O4S. The highest BCUT2D eigenvalue weighted by atomic mass is 32.1. The van der Waals surface area contributed by atoms with Crippen LogP contribution in [0.5, 0.6) is 11.5 Å². The smallest absolute Gasteiger partial charge is 0.262 e. The Balaban J connectivity index is 1.79. The maximum Gasteiger partial charge on any atom is 0.262 e. The lowest BCUT2D eigenvalue weighted by Crippen LogP contribution is -2.48. The maximum absolute atomic E-state index is 13.2. The summed E-state index contributed by atoms with van der Waals surface area (Å²) in [6, 6.07) is 17.5. The molecule has 0 aliphatic rings. The number of rotatable bonds is 9. The Morgan fingerprint density at radius 1 is 0.968 bits per heavy atom. The van der Waals surface area contributed by atoms with E-state index in [2.05, 4.69) is 10.6 Å². The third-order valence-corrected chi connectivity index (χ3v) is 5.78. The van der Waals surface area contributed by atoms with E-state index in [0.717, 1.165) is 11.1 Å². The normalized spacial score (nSPS) is 12.5. The molecule has 2 amide bonds. The minimum absolute atomic E-state index is 0.266. The fourth-order valence-corrected chi connectivity index (χ4v) is 3.89. The molecule has 0 saturated carbocycles. The summed E-state index contributed by atoms with van der Waals surface area (Å²) in [7, 11) is 3.17. The lowest BCUT2D eigenvalue weighted by Gasteiger charge is -2.23. The van der Waals surface area contributed by atoms with Gasteiger partial charge in [0.1, 0.15) is 17.5 Å². The first-order chi connectivity index (χ1) is 15.0. The van der Waals surface area contributed by atoms with Crippen molar-refractivity contribution in [3.63, 3.8) is 0 Å². The molecule has 0 aliphatic heterocycles. The van der Waals surface area contributed by atoms with Crippen LogP contribution in [0.2, 0.25) is 0 Å². The van der Waals surface area contributed by atoms with Crippen LogP contribution in [-0.4, -0.2) is 32.1 Å². The summed E-state index contributed by atoms with van der Waals surface area (Å²) in [5, 5.41) is 7.72. The Kier molecular flexibility index (Phi) is 7.67. The van der Waals surface area contributed by atoms with E-state index < -0.39 is 6.04 Å². The summed E-state index contributed by atoms with van der Waals surface area (Å²) in [6.07, 6.45) is 0.381. The van der Waals surface area contributed by atoms with E-state index in [1.807, 2.05) is 54.8 Å². The van der Waals surface area contributed by atoms with Gasteiger partial charge in [0.2, 0.25) is 5.91 Å². The van der Waals surface area contributed by atoms with Crippen molar-refractivity contribution in [1.29, 1.82) is 0 Å². The van der Waals surface area contributed by atoms with Crippen molar-refractivity contribution >= 4 is 23.2 Å². The summed E-state index contributed by atoms with van der Waals surface area (Å²) in [5.74, 6) is 0.781. The number of methoxy groups -OCH3 is 2. The highest BCUT2D eigenvalue weighted by Gasteiger charge is 2.25. The van der Waals surface area contributed by atoms with Crippen LogP contribution in [0.1, 0.15) is 33.8 Å². The van der Waals surface area contributed by atoms with Crippen molar-refractivity contribution in [3.05, 3.63) is 82.0 Å². The second-order valence-corrected chi connectivity index (χ2v) is 7.98. The fourth-order valence-electron chi connectivity index (χ4n) is 3.27. The zero-order valence-electron chi connectivity index (χ0n) is 17.8. The number of thiophene rings is 1. The van der Waals surface area contributed by atoms with E-state index in [4.69, 9.17) is 9.47 Å². The number of carbonyl (C=O) groups is 2. The number of hydrogen-bond acceptors (Lipinski definition) is 5. The molecule has 0 bridgehead atoms. The zero-order valence-corrected chi connectivity index (χ0v) is 18.6. The van der Waals surface area contributed by atoms with Crippen LogP contribution in [0, 0.1) is 0 Å². The molecule has 1 unspecified atom stereocenters. The Bertz CT molecular complexity index is 1010. The molecule has 1 aromatic heterocycles. The highest BCUT2D eigenvalue weighted by molar-refractivity contribution is 7.12. The van der Waals surface area contributed by atoms with Crippen LogP contribution in [-0.2, 0) is 11.2 Å². The molecule has 1 heterocycles. The van der Waals surface area contributed by atoms with Crippen LogP contribution in [0.15, 0.2) is 66.0 Å². The van der Waals surface area contributed by atoms with E-state index in [1.54, 1.807) is 32.4 Å². The Labute approximate surface area is 186 Å².